The number of ketones is 1. The lowest BCUT2D eigenvalue weighted by Crippen LogP contribution is -2.02. The fourth-order valence-electron chi connectivity index (χ4n) is 3.10. The van der Waals surface area contributed by atoms with Gasteiger partial charge < -0.3 is 4.98 Å². The Kier molecular flexibility index (Phi) is 3.36. The van der Waals surface area contributed by atoms with Crippen molar-refractivity contribution in [1.82, 2.24) is 4.98 Å². The molecule has 1 aliphatic rings. The highest BCUT2D eigenvalue weighted by Gasteiger charge is 2.18. The minimum atomic E-state index is -0.278. The summed E-state index contributed by atoms with van der Waals surface area (Å²) >= 11 is 0. The molecule has 0 unspecified atom stereocenters. The number of aromatic amines is 1. The van der Waals surface area contributed by atoms with Gasteiger partial charge in [-0.2, -0.15) is 0 Å². The number of Topliss-reactive ketones (excluding diaryl/α,β-unsaturated/α-hetero) is 1. The number of hydrogen-bond acceptors (Lipinski definition) is 1. The van der Waals surface area contributed by atoms with Crippen molar-refractivity contribution < 1.29 is 9.18 Å². The van der Waals surface area contributed by atoms with Crippen LogP contribution in [-0.2, 0) is 0 Å². The second kappa shape index (κ2) is 5.16. The van der Waals surface area contributed by atoms with Gasteiger partial charge in [-0.05, 0) is 30.5 Å². The highest BCUT2D eigenvalue weighted by Crippen LogP contribution is 2.29. The summed E-state index contributed by atoms with van der Waals surface area (Å²) in [7, 11) is 0. The standard InChI is InChI=1S/C16H18FNO/c17-12-6-7-13-14(10-18-15(13)9-12)16(19)8-5-11-3-1-2-4-11/h6-7,9-11,18H,1-5,8H2. The molecular weight excluding hydrogens is 241 g/mol. The Morgan fingerprint density at radius 3 is 2.89 bits per heavy atom. The van der Waals surface area contributed by atoms with Gasteiger partial charge in [0.15, 0.2) is 5.78 Å². The molecule has 1 heterocycles. The molecule has 3 heteroatoms. The number of H-pyrrole nitrogens is 1. The predicted molar refractivity (Wildman–Crippen MR) is 73.8 cm³/mol. The number of carbonyl (C=O) groups excluding carboxylic acids is 1. The van der Waals surface area contributed by atoms with Gasteiger partial charge in [0.25, 0.3) is 0 Å². The van der Waals surface area contributed by atoms with Crippen molar-refractivity contribution in [1.29, 1.82) is 0 Å². The Morgan fingerprint density at radius 1 is 1.32 bits per heavy atom. The van der Waals surface area contributed by atoms with Gasteiger partial charge in [0, 0.05) is 29.1 Å². The maximum absolute atomic E-state index is 13.1. The number of rotatable bonds is 4. The Bertz CT molecular complexity index is 596. The summed E-state index contributed by atoms with van der Waals surface area (Å²) in [6.45, 7) is 0. The summed E-state index contributed by atoms with van der Waals surface area (Å²) in [6.07, 6.45) is 8.47. The van der Waals surface area contributed by atoms with E-state index in [9.17, 15) is 9.18 Å². The first kappa shape index (κ1) is 12.4. The third-order valence-electron chi connectivity index (χ3n) is 4.20. The highest BCUT2D eigenvalue weighted by molar-refractivity contribution is 6.07. The number of hydrogen-bond donors (Lipinski definition) is 1. The van der Waals surface area contributed by atoms with Crippen LogP contribution in [0.1, 0.15) is 48.9 Å². The van der Waals surface area contributed by atoms with Crippen LogP contribution in [0.25, 0.3) is 10.9 Å². The van der Waals surface area contributed by atoms with Crippen LogP contribution in [0.2, 0.25) is 0 Å². The third-order valence-corrected chi connectivity index (χ3v) is 4.20. The van der Waals surface area contributed by atoms with E-state index in [4.69, 9.17) is 0 Å². The van der Waals surface area contributed by atoms with Crippen molar-refractivity contribution >= 4 is 16.7 Å². The molecule has 1 aromatic heterocycles. The number of benzene rings is 1. The smallest absolute Gasteiger partial charge is 0.165 e. The molecule has 1 aliphatic carbocycles. The molecule has 0 aliphatic heterocycles. The molecule has 3 rings (SSSR count). The summed E-state index contributed by atoms with van der Waals surface area (Å²) in [6, 6.07) is 4.52. The van der Waals surface area contributed by atoms with E-state index in [0.29, 0.717) is 17.5 Å². The second-order valence-corrected chi connectivity index (χ2v) is 5.50. The van der Waals surface area contributed by atoms with Crippen LogP contribution >= 0.6 is 0 Å². The lowest BCUT2D eigenvalue weighted by Gasteiger charge is -2.07. The molecule has 1 aromatic carbocycles. The quantitative estimate of drug-likeness (QED) is 0.808. The van der Waals surface area contributed by atoms with Crippen LogP contribution in [0, 0.1) is 11.7 Å². The van der Waals surface area contributed by atoms with Crippen molar-refractivity contribution in [3.8, 4) is 0 Å². The van der Waals surface area contributed by atoms with E-state index in [1.807, 2.05) is 0 Å². The van der Waals surface area contributed by atoms with Crippen LogP contribution < -0.4 is 0 Å². The molecule has 0 atom stereocenters. The lowest BCUT2D eigenvalue weighted by atomic mass is 9.97. The number of nitrogens with one attached hydrogen (secondary N) is 1. The second-order valence-electron chi connectivity index (χ2n) is 5.50. The Labute approximate surface area is 112 Å². The largest absolute Gasteiger partial charge is 0.360 e. The van der Waals surface area contributed by atoms with Crippen LogP contribution in [0.3, 0.4) is 0 Å². The first-order valence-corrected chi connectivity index (χ1v) is 7.04. The van der Waals surface area contributed by atoms with Gasteiger partial charge in [-0.25, -0.2) is 4.39 Å². The molecule has 1 fully saturated rings. The normalized spacial score (nSPS) is 16.3. The Hall–Kier alpha value is -1.64. The zero-order valence-electron chi connectivity index (χ0n) is 10.9. The van der Waals surface area contributed by atoms with Gasteiger partial charge in [-0.15, -0.1) is 0 Å². The molecule has 19 heavy (non-hydrogen) atoms. The maximum Gasteiger partial charge on any atom is 0.165 e. The van der Waals surface area contributed by atoms with Crippen LogP contribution in [-0.4, -0.2) is 10.8 Å². The third kappa shape index (κ3) is 2.55. The van der Waals surface area contributed by atoms with E-state index in [2.05, 4.69) is 4.98 Å². The molecule has 2 nitrogen and oxygen atoms in total. The number of halogens is 1. The Morgan fingerprint density at radius 2 is 2.11 bits per heavy atom. The zero-order valence-corrected chi connectivity index (χ0v) is 10.9. The van der Waals surface area contributed by atoms with Gasteiger partial charge in [-0.1, -0.05) is 25.7 Å². The molecule has 2 aromatic rings. The molecule has 0 radical (unpaired) electrons. The number of fused-ring (bicyclic) bond motifs is 1. The van der Waals surface area contributed by atoms with E-state index in [0.717, 1.165) is 17.7 Å². The monoisotopic (exact) mass is 259 g/mol. The van der Waals surface area contributed by atoms with Crippen molar-refractivity contribution in [2.75, 3.05) is 0 Å². The van der Waals surface area contributed by atoms with Crippen LogP contribution in [0.15, 0.2) is 24.4 Å². The molecular formula is C16H18FNO. The SMILES string of the molecule is O=C(CCC1CCCC1)c1c[nH]c2cc(F)ccc12. The van der Waals surface area contributed by atoms with Crippen LogP contribution in [0.5, 0.6) is 0 Å². The van der Waals surface area contributed by atoms with E-state index < -0.39 is 0 Å². The van der Waals surface area contributed by atoms with E-state index in [1.165, 1.54) is 37.8 Å². The number of aromatic nitrogens is 1. The van der Waals surface area contributed by atoms with Gasteiger partial charge in [0.2, 0.25) is 0 Å². The summed E-state index contributed by atoms with van der Waals surface area (Å²) in [5.74, 6) is 0.621. The van der Waals surface area contributed by atoms with Crippen LogP contribution in [0.4, 0.5) is 4.39 Å². The van der Waals surface area contributed by atoms with Gasteiger partial charge >= 0.3 is 0 Å². The van der Waals surface area contributed by atoms with Crippen molar-refractivity contribution in [3.05, 3.63) is 35.8 Å². The first-order chi connectivity index (χ1) is 9.24. The van der Waals surface area contributed by atoms with E-state index >= 15 is 0 Å². The topological polar surface area (TPSA) is 32.9 Å². The Balaban J connectivity index is 1.74. The number of carbonyl (C=O) groups is 1. The first-order valence-electron chi connectivity index (χ1n) is 7.04. The maximum atomic E-state index is 13.1. The summed E-state index contributed by atoms with van der Waals surface area (Å²) in [5.41, 5.74) is 1.40. The predicted octanol–water partition coefficient (Wildman–Crippen LogP) is 4.46. The minimum Gasteiger partial charge on any atom is -0.360 e. The van der Waals surface area contributed by atoms with Gasteiger partial charge in [0.1, 0.15) is 5.82 Å². The van der Waals surface area contributed by atoms with E-state index in [-0.39, 0.29) is 11.6 Å². The zero-order chi connectivity index (χ0) is 13.2. The molecule has 100 valence electrons. The molecule has 0 saturated heterocycles. The van der Waals surface area contributed by atoms with Gasteiger partial charge in [-0.3, -0.25) is 4.79 Å². The average molecular weight is 259 g/mol. The molecule has 0 bridgehead atoms. The summed E-state index contributed by atoms with van der Waals surface area (Å²) in [4.78, 5) is 15.2. The molecule has 0 spiro atoms. The van der Waals surface area contributed by atoms with Crippen molar-refractivity contribution in [2.24, 2.45) is 5.92 Å². The van der Waals surface area contributed by atoms with E-state index in [1.54, 1.807) is 12.3 Å². The highest BCUT2D eigenvalue weighted by atomic mass is 19.1. The minimum absolute atomic E-state index is 0.171. The van der Waals surface area contributed by atoms with Crippen molar-refractivity contribution in [3.63, 3.8) is 0 Å². The summed E-state index contributed by atoms with van der Waals surface area (Å²) < 4.78 is 13.1. The molecule has 1 N–H and O–H groups in total. The lowest BCUT2D eigenvalue weighted by molar-refractivity contribution is 0.0975. The fraction of sp³-hybridized carbons (Fsp3) is 0.438. The molecule has 0 amide bonds. The fourth-order valence-corrected chi connectivity index (χ4v) is 3.10. The molecule has 1 saturated carbocycles. The summed E-state index contributed by atoms with van der Waals surface area (Å²) in [5, 5.41) is 0.831. The van der Waals surface area contributed by atoms with Gasteiger partial charge in [0.05, 0.1) is 0 Å². The average Bonchev–Trinajstić information content (AvgIpc) is 3.04. The van der Waals surface area contributed by atoms with Crippen molar-refractivity contribution in [2.45, 2.75) is 38.5 Å².